The van der Waals surface area contributed by atoms with Crippen molar-refractivity contribution in [3.63, 3.8) is 0 Å². The van der Waals surface area contributed by atoms with Crippen molar-refractivity contribution in [3.8, 4) is 0 Å². The molecule has 6 heteroatoms. The van der Waals surface area contributed by atoms with Crippen LogP contribution in [0.4, 0.5) is 9.18 Å². The smallest absolute Gasteiger partial charge is 0.326 e. The fourth-order valence-corrected chi connectivity index (χ4v) is 1.57. The van der Waals surface area contributed by atoms with Crippen molar-refractivity contribution in [2.45, 2.75) is 32.4 Å². The molecule has 0 aromatic heterocycles. The average molecular weight is 268 g/mol. The number of benzene rings is 1. The van der Waals surface area contributed by atoms with Crippen LogP contribution in [0.5, 0.6) is 0 Å². The maximum Gasteiger partial charge on any atom is 0.326 e. The summed E-state index contributed by atoms with van der Waals surface area (Å²) in [5.74, 6) is -1.43. The lowest BCUT2D eigenvalue weighted by molar-refractivity contribution is -0.139. The molecule has 1 aromatic rings. The Bertz CT molecular complexity index is 448. The second-order valence-corrected chi connectivity index (χ2v) is 4.19. The number of hydrogen-bond donors (Lipinski definition) is 3. The number of carbonyl (C=O) groups is 2. The van der Waals surface area contributed by atoms with Crippen molar-refractivity contribution in [2.75, 3.05) is 0 Å². The molecule has 2 atom stereocenters. The van der Waals surface area contributed by atoms with Crippen LogP contribution in [0.2, 0.25) is 0 Å². The standard InChI is InChI=1S/C13H17FN2O3/c1-3-11(12(17)18)16-13(19)15-8(2)9-4-6-10(14)7-5-9/h4-8,11H,3H2,1-2H3,(H,17,18)(H2,15,16,19). The minimum Gasteiger partial charge on any atom is -0.480 e. The van der Waals surface area contributed by atoms with Gasteiger partial charge in [-0.2, -0.15) is 0 Å². The molecule has 0 aliphatic carbocycles. The van der Waals surface area contributed by atoms with E-state index in [4.69, 9.17) is 5.11 Å². The zero-order valence-electron chi connectivity index (χ0n) is 10.8. The summed E-state index contributed by atoms with van der Waals surface area (Å²) in [5.41, 5.74) is 0.736. The SMILES string of the molecule is CCC(NC(=O)NC(C)c1ccc(F)cc1)C(=O)O. The molecule has 19 heavy (non-hydrogen) atoms. The van der Waals surface area contributed by atoms with Gasteiger partial charge in [0.25, 0.3) is 0 Å². The zero-order chi connectivity index (χ0) is 14.4. The van der Waals surface area contributed by atoms with Gasteiger partial charge in [0.1, 0.15) is 11.9 Å². The minimum atomic E-state index is -1.08. The van der Waals surface area contributed by atoms with E-state index in [1.807, 2.05) is 0 Å². The first-order valence-corrected chi connectivity index (χ1v) is 5.99. The third-order valence-corrected chi connectivity index (χ3v) is 2.73. The normalized spacial score (nSPS) is 13.4. The molecule has 0 radical (unpaired) electrons. The van der Waals surface area contributed by atoms with E-state index in [0.717, 1.165) is 5.56 Å². The molecular formula is C13H17FN2O3. The van der Waals surface area contributed by atoms with E-state index < -0.39 is 18.0 Å². The first-order valence-electron chi connectivity index (χ1n) is 5.99. The summed E-state index contributed by atoms with van der Waals surface area (Å²) < 4.78 is 12.8. The molecule has 0 heterocycles. The highest BCUT2D eigenvalue weighted by Gasteiger charge is 2.18. The van der Waals surface area contributed by atoms with Gasteiger partial charge in [0.05, 0.1) is 6.04 Å². The van der Waals surface area contributed by atoms with Gasteiger partial charge in [-0.1, -0.05) is 19.1 Å². The molecule has 5 nitrogen and oxygen atoms in total. The number of rotatable bonds is 5. The summed E-state index contributed by atoms with van der Waals surface area (Å²) in [4.78, 5) is 22.4. The fraction of sp³-hybridized carbons (Fsp3) is 0.385. The third kappa shape index (κ3) is 4.57. The van der Waals surface area contributed by atoms with Crippen molar-refractivity contribution in [2.24, 2.45) is 0 Å². The van der Waals surface area contributed by atoms with E-state index in [9.17, 15) is 14.0 Å². The number of halogens is 1. The monoisotopic (exact) mass is 268 g/mol. The zero-order valence-corrected chi connectivity index (χ0v) is 10.8. The number of aliphatic carboxylic acids is 1. The quantitative estimate of drug-likeness (QED) is 0.764. The molecule has 0 bridgehead atoms. The largest absolute Gasteiger partial charge is 0.480 e. The Kier molecular flexibility index (Phi) is 5.29. The Labute approximate surface area is 110 Å². The highest BCUT2D eigenvalue weighted by Crippen LogP contribution is 2.12. The lowest BCUT2D eigenvalue weighted by Crippen LogP contribution is -2.46. The van der Waals surface area contributed by atoms with E-state index in [-0.39, 0.29) is 11.9 Å². The average Bonchev–Trinajstić information content (AvgIpc) is 2.36. The lowest BCUT2D eigenvalue weighted by Gasteiger charge is -2.17. The van der Waals surface area contributed by atoms with Gasteiger partial charge < -0.3 is 15.7 Å². The highest BCUT2D eigenvalue weighted by molar-refractivity contribution is 5.82. The Morgan fingerprint density at radius 3 is 2.32 bits per heavy atom. The van der Waals surface area contributed by atoms with E-state index in [2.05, 4.69) is 10.6 Å². The van der Waals surface area contributed by atoms with Crippen molar-refractivity contribution in [1.29, 1.82) is 0 Å². The van der Waals surface area contributed by atoms with Crippen LogP contribution in [-0.2, 0) is 4.79 Å². The molecule has 1 aromatic carbocycles. The maximum absolute atomic E-state index is 12.8. The summed E-state index contributed by atoms with van der Waals surface area (Å²) in [6.45, 7) is 3.40. The molecule has 0 saturated carbocycles. The summed E-state index contributed by atoms with van der Waals surface area (Å²) in [6, 6.07) is 3.91. The van der Waals surface area contributed by atoms with Crippen molar-refractivity contribution < 1.29 is 19.1 Å². The van der Waals surface area contributed by atoms with Gasteiger partial charge in [-0.05, 0) is 31.0 Å². The van der Waals surface area contributed by atoms with Gasteiger partial charge in [0, 0.05) is 0 Å². The second-order valence-electron chi connectivity index (χ2n) is 4.19. The summed E-state index contributed by atoms with van der Waals surface area (Å²) in [6.07, 6.45) is 0.299. The van der Waals surface area contributed by atoms with Gasteiger partial charge in [-0.15, -0.1) is 0 Å². The topological polar surface area (TPSA) is 78.4 Å². The fourth-order valence-electron chi connectivity index (χ4n) is 1.57. The first kappa shape index (κ1) is 14.9. The van der Waals surface area contributed by atoms with Crippen LogP contribution in [0.3, 0.4) is 0 Å². The van der Waals surface area contributed by atoms with Crippen LogP contribution in [0.15, 0.2) is 24.3 Å². The van der Waals surface area contributed by atoms with E-state index in [1.165, 1.54) is 12.1 Å². The molecular weight excluding hydrogens is 251 g/mol. The van der Waals surface area contributed by atoms with Crippen LogP contribution in [-0.4, -0.2) is 23.1 Å². The van der Waals surface area contributed by atoms with Crippen molar-refractivity contribution in [1.82, 2.24) is 10.6 Å². The van der Waals surface area contributed by atoms with Crippen LogP contribution in [0.1, 0.15) is 31.9 Å². The van der Waals surface area contributed by atoms with E-state index in [1.54, 1.807) is 26.0 Å². The van der Waals surface area contributed by atoms with Gasteiger partial charge in [-0.3, -0.25) is 0 Å². The van der Waals surface area contributed by atoms with Crippen LogP contribution < -0.4 is 10.6 Å². The summed E-state index contributed by atoms with van der Waals surface area (Å²) >= 11 is 0. The predicted octanol–water partition coefficient (Wildman–Crippen LogP) is 2.05. The Morgan fingerprint density at radius 2 is 1.84 bits per heavy atom. The van der Waals surface area contributed by atoms with E-state index >= 15 is 0 Å². The van der Waals surface area contributed by atoms with Crippen molar-refractivity contribution >= 4 is 12.0 Å². The molecule has 3 N–H and O–H groups in total. The van der Waals surface area contributed by atoms with Crippen LogP contribution in [0.25, 0.3) is 0 Å². The third-order valence-electron chi connectivity index (χ3n) is 2.73. The number of carboxylic acids is 1. The minimum absolute atomic E-state index is 0.299. The van der Waals surface area contributed by atoms with Gasteiger partial charge in [-0.25, -0.2) is 14.0 Å². The second kappa shape index (κ2) is 6.72. The Balaban J connectivity index is 2.56. The first-order chi connectivity index (χ1) is 8.93. The van der Waals surface area contributed by atoms with Gasteiger partial charge in [0.2, 0.25) is 0 Å². The number of urea groups is 1. The molecule has 2 amide bonds. The number of carboxylic acid groups (broad SMARTS) is 1. The summed E-state index contributed by atoms with van der Waals surface area (Å²) in [7, 11) is 0. The lowest BCUT2D eigenvalue weighted by atomic mass is 10.1. The maximum atomic E-state index is 12.8. The highest BCUT2D eigenvalue weighted by atomic mass is 19.1. The number of amides is 2. The molecule has 0 saturated heterocycles. The molecule has 0 aliphatic rings. The van der Waals surface area contributed by atoms with E-state index in [0.29, 0.717) is 6.42 Å². The number of hydrogen-bond acceptors (Lipinski definition) is 2. The predicted molar refractivity (Wildman–Crippen MR) is 68.2 cm³/mol. The van der Waals surface area contributed by atoms with Gasteiger partial charge in [0.15, 0.2) is 0 Å². The van der Waals surface area contributed by atoms with Gasteiger partial charge >= 0.3 is 12.0 Å². The number of nitrogens with one attached hydrogen (secondary N) is 2. The Morgan fingerprint density at radius 1 is 1.26 bits per heavy atom. The molecule has 104 valence electrons. The number of carbonyl (C=O) groups excluding carboxylic acids is 1. The molecule has 1 rings (SSSR count). The molecule has 0 fully saturated rings. The molecule has 0 spiro atoms. The molecule has 0 aliphatic heterocycles. The van der Waals surface area contributed by atoms with Crippen LogP contribution >= 0.6 is 0 Å². The summed E-state index contributed by atoms with van der Waals surface area (Å²) in [5, 5.41) is 13.8. The Hall–Kier alpha value is -2.11. The molecule has 2 unspecified atom stereocenters. The van der Waals surface area contributed by atoms with Crippen molar-refractivity contribution in [3.05, 3.63) is 35.6 Å². The van der Waals surface area contributed by atoms with Crippen LogP contribution in [0, 0.1) is 5.82 Å².